The monoisotopic (exact) mass is 271 g/mol. The van der Waals surface area contributed by atoms with E-state index >= 15 is 0 Å². The van der Waals surface area contributed by atoms with Crippen LogP contribution in [-0.4, -0.2) is 18.1 Å². The van der Waals surface area contributed by atoms with Gasteiger partial charge in [-0.1, -0.05) is 0 Å². The second kappa shape index (κ2) is 5.99. The van der Waals surface area contributed by atoms with Crippen LogP contribution in [0, 0.1) is 18.6 Å². The molecule has 0 saturated carbocycles. The molecule has 0 unspecified atom stereocenters. The van der Waals surface area contributed by atoms with Crippen molar-refractivity contribution >= 4 is 11.7 Å². The molecule has 19 heavy (non-hydrogen) atoms. The molecule has 0 atom stereocenters. The molecule has 0 aliphatic rings. The van der Waals surface area contributed by atoms with Crippen molar-refractivity contribution in [3.63, 3.8) is 0 Å². The number of aryl methyl sites for hydroxylation is 1. The predicted octanol–water partition coefficient (Wildman–Crippen LogP) is 3.42. The van der Waals surface area contributed by atoms with Gasteiger partial charge in [0.1, 0.15) is 17.2 Å². The molecule has 3 nitrogen and oxygen atoms in total. The van der Waals surface area contributed by atoms with Crippen molar-refractivity contribution in [2.45, 2.75) is 39.7 Å². The van der Waals surface area contributed by atoms with Gasteiger partial charge in [0.2, 0.25) is 0 Å². The molecular formula is C14H19F2NO2. The lowest BCUT2D eigenvalue weighted by Crippen LogP contribution is -2.25. The molecule has 1 rings (SSSR count). The number of rotatable bonds is 4. The standard InChI is InChI=1S/C14H19F2NO2/c1-9-7-11(16)12(8-10(9)15)17-6-5-13(18)19-14(2,3)4/h7-8,17H,5-6H2,1-4H3. The fourth-order valence-electron chi connectivity index (χ4n) is 1.47. The maximum absolute atomic E-state index is 13.5. The van der Waals surface area contributed by atoms with Crippen LogP contribution in [0.2, 0.25) is 0 Å². The molecule has 0 amide bonds. The molecule has 1 N–H and O–H groups in total. The Labute approximate surface area is 112 Å². The highest BCUT2D eigenvalue weighted by Gasteiger charge is 2.16. The summed E-state index contributed by atoms with van der Waals surface area (Å²) in [6.07, 6.45) is 0.0895. The van der Waals surface area contributed by atoms with Gasteiger partial charge >= 0.3 is 5.97 Å². The lowest BCUT2D eigenvalue weighted by Gasteiger charge is -2.19. The third-order valence-electron chi connectivity index (χ3n) is 2.31. The van der Waals surface area contributed by atoms with Gasteiger partial charge in [0.05, 0.1) is 12.1 Å². The SMILES string of the molecule is Cc1cc(F)c(NCCC(=O)OC(C)(C)C)cc1F. The highest BCUT2D eigenvalue weighted by Crippen LogP contribution is 2.18. The zero-order valence-electron chi connectivity index (χ0n) is 11.6. The van der Waals surface area contributed by atoms with Crippen LogP contribution < -0.4 is 5.32 Å². The summed E-state index contributed by atoms with van der Waals surface area (Å²) in [5.41, 5.74) is -0.250. The molecule has 0 spiro atoms. The first-order valence-corrected chi connectivity index (χ1v) is 6.10. The Kier molecular flexibility index (Phi) is 4.86. The van der Waals surface area contributed by atoms with Crippen molar-refractivity contribution < 1.29 is 18.3 Å². The number of benzene rings is 1. The fraction of sp³-hybridized carbons (Fsp3) is 0.500. The number of nitrogens with one attached hydrogen (secondary N) is 1. The average molecular weight is 271 g/mol. The molecule has 1 aromatic rings. The molecule has 0 aromatic heterocycles. The van der Waals surface area contributed by atoms with Gasteiger partial charge in [-0.05, 0) is 39.3 Å². The highest BCUT2D eigenvalue weighted by atomic mass is 19.1. The number of hydrogen-bond acceptors (Lipinski definition) is 3. The lowest BCUT2D eigenvalue weighted by molar-refractivity contribution is -0.154. The quantitative estimate of drug-likeness (QED) is 0.853. The fourth-order valence-corrected chi connectivity index (χ4v) is 1.47. The largest absolute Gasteiger partial charge is 0.460 e. The number of esters is 1. The minimum Gasteiger partial charge on any atom is -0.460 e. The molecule has 0 aliphatic carbocycles. The minimum absolute atomic E-state index is 0.0478. The van der Waals surface area contributed by atoms with E-state index in [-0.39, 0.29) is 30.2 Å². The van der Waals surface area contributed by atoms with Crippen LogP contribution >= 0.6 is 0 Å². The van der Waals surface area contributed by atoms with Gasteiger partial charge < -0.3 is 10.1 Å². The molecule has 1 aromatic carbocycles. The van der Waals surface area contributed by atoms with E-state index in [0.717, 1.165) is 12.1 Å². The van der Waals surface area contributed by atoms with Crippen molar-refractivity contribution in [2.75, 3.05) is 11.9 Å². The van der Waals surface area contributed by atoms with E-state index in [2.05, 4.69) is 5.32 Å². The van der Waals surface area contributed by atoms with Gasteiger partial charge in [-0.15, -0.1) is 0 Å². The van der Waals surface area contributed by atoms with E-state index in [0.29, 0.717) is 0 Å². The van der Waals surface area contributed by atoms with E-state index < -0.39 is 17.2 Å². The number of anilines is 1. The minimum atomic E-state index is -0.543. The Bertz CT molecular complexity index is 467. The van der Waals surface area contributed by atoms with Crippen LogP contribution in [0.15, 0.2) is 12.1 Å². The zero-order chi connectivity index (χ0) is 14.6. The highest BCUT2D eigenvalue weighted by molar-refractivity contribution is 5.70. The van der Waals surface area contributed by atoms with E-state index in [1.807, 2.05) is 0 Å². The molecule has 0 bridgehead atoms. The van der Waals surface area contributed by atoms with Crippen molar-refractivity contribution in [3.05, 3.63) is 29.3 Å². The summed E-state index contributed by atoms with van der Waals surface area (Å²) in [7, 11) is 0. The zero-order valence-corrected chi connectivity index (χ0v) is 11.6. The summed E-state index contributed by atoms with van der Waals surface area (Å²) in [5, 5.41) is 2.68. The van der Waals surface area contributed by atoms with Crippen molar-refractivity contribution in [1.82, 2.24) is 0 Å². The summed E-state index contributed by atoms with van der Waals surface area (Å²) in [6.45, 7) is 6.99. The molecular weight excluding hydrogens is 252 g/mol. The normalized spacial score (nSPS) is 11.3. The Morgan fingerprint density at radius 2 is 1.89 bits per heavy atom. The first kappa shape index (κ1) is 15.4. The maximum Gasteiger partial charge on any atom is 0.308 e. The summed E-state index contributed by atoms with van der Waals surface area (Å²) in [6, 6.07) is 2.20. The molecule has 0 saturated heterocycles. The number of hydrogen-bond donors (Lipinski definition) is 1. The van der Waals surface area contributed by atoms with E-state index in [9.17, 15) is 13.6 Å². The third kappa shape index (κ3) is 5.24. The van der Waals surface area contributed by atoms with E-state index in [4.69, 9.17) is 4.74 Å². The Hall–Kier alpha value is -1.65. The molecule has 0 heterocycles. The topological polar surface area (TPSA) is 38.3 Å². The maximum atomic E-state index is 13.5. The van der Waals surface area contributed by atoms with Crippen LogP contribution in [0.4, 0.5) is 14.5 Å². The van der Waals surface area contributed by atoms with Crippen LogP contribution in [0.3, 0.4) is 0 Å². The molecule has 0 radical (unpaired) electrons. The van der Waals surface area contributed by atoms with Gasteiger partial charge in [-0.2, -0.15) is 0 Å². The summed E-state index contributed by atoms with van der Waals surface area (Å²) < 4.78 is 31.9. The van der Waals surface area contributed by atoms with Crippen molar-refractivity contribution in [2.24, 2.45) is 0 Å². The van der Waals surface area contributed by atoms with Crippen LogP contribution in [0.25, 0.3) is 0 Å². The third-order valence-corrected chi connectivity index (χ3v) is 2.31. The van der Waals surface area contributed by atoms with Gasteiger partial charge in [-0.25, -0.2) is 8.78 Å². The second-order valence-electron chi connectivity index (χ2n) is 5.34. The Balaban J connectivity index is 2.50. The Morgan fingerprint density at radius 1 is 1.26 bits per heavy atom. The summed E-state index contributed by atoms with van der Waals surface area (Å²) in [5.74, 6) is -1.41. The number of halogens is 2. The average Bonchev–Trinajstić information content (AvgIpc) is 2.22. The van der Waals surface area contributed by atoms with E-state index in [1.165, 1.54) is 6.92 Å². The second-order valence-corrected chi connectivity index (χ2v) is 5.34. The predicted molar refractivity (Wildman–Crippen MR) is 70.0 cm³/mol. The number of ether oxygens (including phenoxy) is 1. The van der Waals surface area contributed by atoms with Gasteiger partial charge in [0.25, 0.3) is 0 Å². The molecule has 0 fully saturated rings. The van der Waals surface area contributed by atoms with Gasteiger partial charge in [-0.3, -0.25) is 4.79 Å². The van der Waals surface area contributed by atoms with Crippen LogP contribution in [0.5, 0.6) is 0 Å². The lowest BCUT2D eigenvalue weighted by atomic mass is 10.2. The first-order chi connectivity index (χ1) is 8.69. The van der Waals surface area contributed by atoms with E-state index in [1.54, 1.807) is 20.8 Å². The molecule has 106 valence electrons. The molecule has 0 aliphatic heterocycles. The van der Waals surface area contributed by atoms with Gasteiger partial charge in [0, 0.05) is 12.6 Å². The summed E-state index contributed by atoms with van der Waals surface area (Å²) in [4.78, 5) is 11.4. The van der Waals surface area contributed by atoms with Crippen molar-refractivity contribution in [1.29, 1.82) is 0 Å². The Morgan fingerprint density at radius 3 is 2.47 bits per heavy atom. The van der Waals surface area contributed by atoms with Crippen LogP contribution in [0.1, 0.15) is 32.8 Å². The molecule has 5 heteroatoms. The van der Waals surface area contributed by atoms with Crippen LogP contribution in [-0.2, 0) is 9.53 Å². The number of carbonyl (C=O) groups is 1. The summed E-state index contributed by atoms with van der Waals surface area (Å²) >= 11 is 0. The van der Waals surface area contributed by atoms with Crippen molar-refractivity contribution in [3.8, 4) is 0 Å². The van der Waals surface area contributed by atoms with Gasteiger partial charge in [0.15, 0.2) is 0 Å². The number of carbonyl (C=O) groups excluding carboxylic acids is 1. The first-order valence-electron chi connectivity index (χ1n) is 6.10. The smallest absolute Gasteiger partial charge is 0.308 e.